The van der Waals surface area contributed by atoms with E-state index in [9.17, 15) is 9.59 Å². The second-order valence-electron chi connectivity index (χ2n) is 5.71. The van der Waals surface area contributed by atoms with Crippen molar-refractivity contribution >= 4 is 40.7 Å². The molecule has 0 bridgehead atoms. The summed E-state index contributed by atoms with van der Waals surface area (Å²) < 4.78 is 0. The first-order valence-electron chi connectivity index (χ1n) is 7.50. The van der Waals surface area contributed by atoms with Crippen molar-refractivity contribution in [3.63, 3.8) is 0 Å². The van der Waals surface area contributed by atoms with Gasteiger partial charge in [0.1, 0.15) is 11.6 Å². The molecule has 0 spiro atoms. The van der Waals surface area contributed by atoms with Crippen molar-refractivity contribution in [3.05, 3.63) is 22.4 Å². The Bertz CT molecular complexity index is 587. The van der Waals surface area contributed by atoms with Crippen LogP contribution in [0.4, 0.5) is 5.69 Å². The maximum atomic E-state index is 12.2. The van der Waals surface area contributed by atoms with Crippen molar-refractivity contribution in [1.29, 1.82) is 0 Å². The standard InChI is InChI=1S/C15H20Cl2N4O2/c1-10(2)20-5-7-21(8-6-20)14(23)9-13(22)18-11-3-4-12(16)19-15(11)17/h3-4,10H,5-9H2,1-2H3,(H,18,22). The molecule has 1 saturated heterocycles. The van der Waals surface area contributed by atoms with E-state index >= 15 is 0 Å². The van der Waals surface area contributed by atoms with E-state index in [1.165, 1.54) is 6.07 Å². The van der Waals surface area contributed by atoms with E-state index in [4.69, 9.17) is 23.2 Å². The van der Waals surface area contributed by atoms with Gasteiger partial charge in [0.2, 0.25) is 11.8 Å². The average molecular weight is 359 g/mol. The van der Waals surface area contributed by atoms with Gasteiger partial charge in [-0.3, -0.25) is 14.5 Å². The summed E-state index contributed by atoms with van der Waals surface area (Å²) in [7, 11) is 0. The minimum absolute atomic E-state index is 0.101. The number of aromatic nitrogens is 1. The first kappa shape index (κ1) is 18.0. The molecule has 0 saturated carbocycles. The Labute approximate surface area is 145 Å². The third-order valence-corrected chi connectivity index (χ3v) is 4.30. The van der Waals surface area contributed by atoms with Crippen molar-refractivity contribution in [2.75, 3.05) is 31.5 Å². The average Bonchev–Trinajstić information content (AvgIpc) is 2.50. The Hall–Kier alpha value is -1.37. The highest BCUT2D eigenvalue weighted by molar-refractivity contribution is 6.34. The van der Waals surface area contributed by atoms with Crippen molar-refractivity contribution < 1.29 is 9.59 Å². The molecule has 8 heteroatoms. The lowest BCUT2D eigenvalue weighted by molar-refractivity contribution is -0.136. The van der Waals surface area contributed by atoms with Gasteiger partial charge in [-0.15, -0.1) is 0 Å². The maximum absolute atomic E-state index is 12.2. The van der Waals surface area contributed by atoms with Gasteiger partial charge in [-0.25, -0.2) is 4.98 Å². The topological polar surface area (TPSA) is 65.5 Å². The number of nitrogens with one attached hydrogen (secondary N) is 1. The fraction of sp³-hybridized carbons (Fsp3) is 0.533. The maximum Gasteiger partial charge on any atom is 0.233 e. The van der Waals surface area contributed by atoms with Crippen molar-refractivity contribution in [2.24, 2.45) is 0 Å². The van der Waals surface area contributed by atoms with Crippen LogP contribution in [-0.4, -0.2) is 58.8 Å². The minimum atomic E-state index is -0.410. The highest BCUT2D eigenvalue weighted by atomic mass is 35.5. The molecule has 2 amide bonds. The second-order valence-corrected chi connectivity index (χ2v) is 6.45. The number of carbonyl (C=O) groups is 2. The Balaban J connectivity index is 1.84. The fourth-order valence-electron chi connectivity index (χ4n) is 2.44. The van der Waals surface area contributed by atoms with Crippen LogP contribution in [0.2, 0.25) is 10.3 Å². The van der Waals surface area contributed by atoms with Crippen molar-refractivity contribution in [1.82, 2.24) is 14.8 Å². The number of carbonyl (C=O) groups excluding carboxylic acids is 2. The quantitative estimate of drug-likeness (QED) is 0.662. The zero-order chi connectivity index (χ0) is 17.0. The van der Waals surface area contributed by atoms with Crippen LogP contribution in [0.3, 0.4) is 0 Å². The van der Waals surface area contributed by atoms with Gasteiger partial charge in [0.05, 0.1) is 5.69 Å². The molecule has 0 unspecified atom stereocenters. The van der Waals surface area contributed by atoms with Crippen LogP contribution in [0.15, 0.2) is 12.1 Å². The largest absolute Gasteiger partial charge is 0.340 e. The third-order valence-electron chi connectivity index (χ3n) is 3.80. The summed E-state index contributed by atoms with van der Waals surface area (Å²) in [5.41, 5.74) is 0.346. The number of hydrogen-bond acceptors (Lipinski definition) is 4. The van der Waals surface area contributed by atoms with Gasteiger partial charge >= 0.3 is 0 Å². The number of pyridine rings is 1. The van der Waals surface area contributed by atoms with Gasteiger partial charge in [-0.05, 0) is 26.0 Å². The molecule has 0 atom stereocenters. The Morgan fingerprint density at radius 1 is 1.22 bits per heavy atom. The number of hydrogen-bond donors (Lipinski definition) is 1. The van der Waals surface area contributed by atoms with Crippen LogP contribution in [0.25, 0.3) is 0 Å². The van der Waals surface area contributed by atoms with Crippen molar-refractivity contribution in [2.45, 2.75) is 26.3 Å². The summed E-state index contributed by atoms with van der Waals surface area (Å²) in [5, 5.41) is 2.93. The number of anilines is 1. The molecule has 1 N–H and O–H groups in total. The smallest absolute Gasteiger partial charge is 0.233 e. The third kappa shape index (κ3) is 5.06. The summed E-state index contributed by atoms with van der Waals surface area (Å²) >= 11 is 11.6. The monoisotopic (exact) mass is 358 g/mol. The predicted octanol–water partition coefficient (Wildman–Crippen LogP) is 2.27. The van der Waals surface area contributed by atoms with Gasteiger partial charge in [-0.2, -0.15) is 0 Å². The lowest BCUT2D eigenvalue weighted by Gasteiger charge is -2.36. The molecule has 0 aromatic carbocycles. The Kier molecular flexibility index (Phi) is 6.21. The molecule has 126 valence electrons. The summed E-state index contributed by atoms with van der Waals surface area (Å²) in [5.74, 6) is -0.587. The van der Waals surface area contributed by atoms with E-state index in [1.54, 1.807) is 11.0 Å². The Morgan fingerprint density at radius 2 is 1.87 bits per heavy atom. The van der Waals surface area contributed by atoms with E-state index in [0.29, 0.717) is 24.8 Å². The summed E-state index contributed by atoms with van der Waals surface area (Å²) in [6.07, 6.45) is -0.208. The molecular weight excluding hydrogens is 339 g/mol. The Morgan fingerprint density at radius 3 is 2.43 bits per heavy atom. The highest BCUT2D eigenvalue weighted by Crippen LogP contribution is 2.21. The lowest BCUT2D eigenvalue weighted by Crippen LogP contribution is -2.51. The molecule has 1 aliphatic heterocycles. The van der Waals surface area contributed by atoms with Crippen LogP contribution in [-0.2, 0) is 9.59 Å². The summed E-state index contributed by atoms with van der Waals surface area (Å²) in [6.45, 7) is 7.22. The summed E-state index contributed by atoms with van der Waals surface area (Å²) in [6, 6.07) is 3.55. The van der Waals surface area contributed by atoms with Crippen LogP contribution >= 0.6 is 23.2 Å². The molecule has 1 aromatic rings. The van der Waals surface area contributed by atoms with Crippen LogP contribution in [0, 0.1) is 0 Å². The van der Waals surface area contributed by atoms with E-state index < -0.39 is 5.91 Å². The first-order chi connectivity index (χ1) is 10.9. The van der Waals surface area contributed by atoms with E-state index in [1.807, 2.05) is 0 Å². The zero-order valence-corrected chi connectivity index (χ0v) is 14.7. The number of amides is 2. The molecule has 23 heavy (non-hydrogen) atoms. The normalized spacial score (nSPS) is 15.8. The molecular formula is C15H20Cl2N4O2. The SMILES string of the molecule is CC(C)N1CCN(C(=O)CC(=O)Nc2ccc(Cl)nc2Cl)CC1. The molecule has 2 rings (SSSR count). The second kappa shape index (κ2) is 7.95. The van der Waals surface area contributed by atoms with E-state index in [0.717, 1.165) is 13.1 Å². The fourth-order valence-corrected chi connectivity index (χ4v) is 2.83. The molecule has 1 fully saturated rings. The lowest BCUT2D eigenvalue weighted by atomic mass is 10.2. The molecule has 1 aliphatic rings. The van der Waals surface area contributed by atoms with Gasteiger partial charge in [0, 0.05) is 32.2 Å². The molecule has 6 nitrogen and oxygen atoms in total. The van der Waals surface area contributed by atoms with Crippen LogP contribution in [0.1, 0.15) is 20.3 Å². The minimum Gasteiger partial charge on any atom is -0.340 e. The summed E-state index contributed by atoms with van der Waals surface area (Å²) in [4.78, 5) is 32.0. The number of halogens is 2. The van der Waals surface area contributed by atoms with Crippen LogP contribution < -0.4 is 5.32 Å². The van der Waals surface area contributed by atoms with Crippen molar-refractivity contribution in [3.8, 4) is 0 Å². The molecule has 1 aromatic heterocycles. The number of piperazine rings is 1. The van der Waals surface area contributed by atoms with Crippen LogP contribution in [0.5, 0.6) is 0 Å². The highest BCUT2D eigenvalue weighted by Gasteiger charge is 2.24. The van der Waals surface area contributed by atoms with Gasteiger partial charge in [0.25, 0.3) is 0 Å². The zero-order valence-electron chi connectivity index (χ0n) is 13.2. The van der Waals surface area contributed by atoms with Gasteiger partial charge in [-0.1, -0.05) is 23.2 Å². The van der Waals surface area contributed by atoms with Gasteiger partial charge < -0.3 is 10.2 Å². The van der Waals surface area contributed by atoms with E-state index in [2.05, 4.69) is 29.0 Å². The number of nitrogens with zero attached hydrogens (tertiary/aromatic N) is 3. The predicted molar refractivity (Wildman–Crippen MR) is 90.8 cm³/mol. The van der Waals surface area contributed by atoms with Gasteiger partial charge in [0.15, 0.2) is 5.15 Å². The number of rotatable bonds is 4. The first-order valence-corrected chi connectivity index (χ1v) is 8.26. The van der Waals surface area contributed by atoms with E-state index in [-0.39, 0.29) is 22.6 Å². The molecule has 2 heterocycles. The molecule has 0 aliphatic carbocycles. The molecule has 0 radical (unpaired) electrons.